The lowest BCUT2D eigenvalue weighted by atomic mass is 9.82. The molecule has 0 unspecified atom stereocenters. The number of para-hydroxylation sites is 3. The van der Waals surface area contributed by atoms with Crippen molar-refractivity contribution in [1.82, 2.24) is 24.1 Å². The maximum absolute atomic E-state index is 6.59. The van der Waals surface area contributed by atoms with E-state index in [1.807, 2.05) is 12.1 Å². The first-order valence-corrected chi connectivity index (χ1v) is 22.5. The van der Waals surface area contributed by atoms with E-state index in [0.717, 1.165) is 71.7 Å². The average Bonchev–Trinajstić information content (AvgIpc) is 4.09. The number of hydrogen-bond donors (Lipinski definition) is 0. The number of aromatic nitrogens is 5. The Morgan fingerprint density at radius 1 is 0.394 bits per heavy atom. The van der Waals surface area contributed by atoms with Gasteiger partial charge in [-0.3, -0.25) is 4.57 Å². The van der Waals surface area contributed by atoms with Crippen LogP contribution in [0.25, 0.3) is 122 Å². The molecular formula is C60H39N5O. The maximum atomic E-state index is 6.59. The molecule has 1 aliphatic carbocycles. The molecule has 0 N–H and O–H groups in total. The van der Waals surface area contributed by atoms with Crippen molar-refractivity contribution in [3.8, 4) is 56.7 Å². The summed E-state index contributed by atoms with van der Waals surface area (Å²) >= 11 is 0. The van der Waals surface area contributed by atoms with Gasteiger partial charge in [0.25, 0.3) is 0 Å². The van der Waals surface area contributed by atoms with Crippen LogP contribution in [0.2, 0.25) is 0 Å². The van der Waals surface area contributed by atoms with Crippen molar-refractivity contribution in [1.29, 1.82) is 0 Å². The minimum absolute atomic E-state index is 0.0871. The molecule has 13 aromatic rings. The number of benzene rings is 9. The van der Waals surface area contributed by atoms with Gasteiger partial charge in [-0.25, -0.2) is 4.98 Å². The Balaban J connectivity index is 0.950. The van der Waals surface area contributed by atoms with Gasteiger partial charge in [0.15, 0.2) is 11.6 Å². The maximum Gasteiger partial charge on any atom is 0.238 e. The Labute approximate surface area is 379 Å². The second kappa shape index (κ2) is 13.7. The first-order chi connectivity index (χ1) is 32.5. The lowest BCUT2D eigenvalue weighted by molar-refractivity contribution is 0.661. The number of rotatable bonds is 5. The second-order valence-electron chi connectivity index (χ2n) is 18.0. The van der Waals surface area contributed by atoms with Gasteiger partial charge in [-0.05, 0) is 100 Å². The molecule has 0 spiro atoms. The van der Waals surface area contributed by atoms with Crippen molar-refractivity contribution >= 4 is 65.6 Å². The normalized spacial score (nSPS) is 13.1. The fourth-order valence-electron chi connectivity index (χ4n) is 11.0. The van der Waals surface area contributed by atoms with Gasteiger partial charge in [-0.15, -0.1) is 0 Å². The van der Waals surface area contributed by atoms with Gasteiger partial charge in [-0.2, -0.15) is 9.97 Å². The second-order valence-corrected chi connectivity index (χ2v) is 18.0. The predicted octanol–water partition coefficient (Wildman–Crippen LogP) is 15.3. The minimum atomic E-state index is -0.0871. The van der Waals surface area contributed by atoms with Crippen molar-refractivity contribution in [2.24, 2.45) is 0 Å². The van der Waals surface area contributed by atoms with Crippen LogP contribution in [0.1, 0.15) is 25.0 Å². The van der Waals surface area contributed by atoms with Gasteiger partial charge >= 0.3 is 0 Å². The Kier molecular flexibility index (Phi) is 7.64. The molecule has 0 atom stereocenters. The highest BCUT2D eigenvalue weighted by molar-refractivity contribution is 6.18. The van der Waals surface area contributed by atoms with Crippen LogP contribution in [0.5, 0.6) is 0 Å². The van der Waals surface area contributed by atoms with Crippen molar-refractivity contribution in [3.05, 3.63) is 211 Å². The zero-order valence-corrected chi connectivity index (χ0v) is 36.2. The van der Waals surface area contributed by atoms with E-state index in [1.165, 1.54) is 44.1 Å². The van der Waals surface area contributed by atoms with E-state index in [1.54, 1.807) is 0 Å². The van der Waals surface area contributed by atoms with Crippen LogP contribution >= 0.6 is 0 Å². The van der Waals surface area contributed by atoms with E-state index in [4.69, 9.17) is 19.4 Å². The van der Waals surface area contributed by atoms with E-state index in [2.05, 4.69) is 211 Å². The zero-order valence-electron chi connectivity index (χ0n) is 36.2. The first-order valence-electron chi connectivity index (χ1n) is 22.5. The van der Waals surface area contributed by atoms with Gasteiger partial charge in [0.1, 0.15) is 11.2 Å². The fourth-order valence-corrected chi connectivity index (χ4v) is 11.0. The molecule has 0 saturated heterocycles. The highest BCUT2D eigenvalue weighted by Crippen LogP contribution is 2.53. The monoisotopic (exact) mass is 845 g/mol. The van der Waals surface area contributed by atoms with Gasteiger partial charge in [0, 0.05) is 54.5 Å². The lowest BCUT2D eigenvalue weighted by Gasteiger charge is -2.21. The molecule has 6 nitrogen and oxygen atoms in total. The number of furan rings is 1. The smallest absolute Gasteiger partial charge is 0.238 e. The number of fused-ring (bicyclic) bond motifs is 13. The Hall–Kier alpha value is -8.61. The molecule has 0 aliphatic heterocycles. The van der Waals surface area contributed by atoms with Crippen molar-refractivity contribution in [2.75, 3.05) is 0 Å². The van der Waals surface area contributed by atoms with E-state index in [0.29, 0.717) is 17.6 Å². The van der Waals surface area contributed by atoms with Gasteiger partial charge in [-0.1, -0.05) is 147 Å². The molecule has 0 fully saturated rings. The molecule has 0 radical (unpaired) electrons. The summed E-state index contributed by atoms with van der Waals surface area (Å²) in [6.45, 7) is 4.69. The highest BCUT2D eigenvalue weighted by atomic mass is 16.3. The minimum Gasteiger partial charge on any atom is -0.456 e. The Morgan fingerprint density at radius 2 is 1.02 bits per heavy atom. The third kappa shape index (κ3) is 5.21. The number of hydrogen-bond acceptors (Lipinski definition) is 4. The topological polar surface area (TPSA) is 61.7 Å². The van der Waals surface area contributed by atoms with E-state index >= 15 is 0 Å². The SMILES string of the molecule is CC1(C)c2ccccc2-c2c1ccc1c2c2ccccc2n1-c1ccc(-c2nc(-c3ccc4c(c3)oc3cccc(-c5ccccc5)c34)nc(-n3c4ccccc4c4ccccc43)n2)cc1. The first kappa shape index (κ1) is 36.8. The summed E-state index contributed by atoms with van der Waals surface area (Å²) < 4.78 is 11.2. The van der Waals surface area contributed by atoms with Crippen LogP contribution in [0.4, 0.5) is 0 Å². The van der Waals surface area contributed by atoms with Crippen LogP contribution in [0.3, 0.4) is 0 Å². The summed E-state index contributed by atoms with van der Waals surface area (Å²) in [5.41, 5.74) is 16.4. The molecule has 66 heavy (non-hydrogen) atoms. The van der Waals surface area contributed by atoms with Crippen LogP contribution in [0.15, 0.2) is 205 Å². The number of nitrogens with zero attached hydrogens (tertiary/aromatic N) is 5. The van der Waals surface area contributed by atoms with Crippen LogP contribution in [0, 0.1) is 0 Å². The Bertz CT molecular complexity index is 4080. The molecule has 0 bridgehead atoms. The summed E-state index contributed by atoms with van der Waals surface area (Å²) in [7, 11) is 0. The molecule has 6 heteroatoms. The molecule has 310 valence electrons. The summed E-state index contributed by atoms with van der Waals surface area (Å²) in [6.07, 6.45) is 0. The molecule has 1 aliphatic rings. The third-order valence-electron chi connectivity index (χ3n) is 14.0. The zero-order chi connectivity index (χ0) is 43.7. The summed E-state index contributed by atoms with van der Waals surface area (Å²) in [5.74, 6) is 1.69. The van der Waals surface area contributed by atoms with Crippen molar-refractivity contribution < 1.29 is 4.42 Å². The molecule has 0 amide bonds. The molecule has 4 aromatic heterocycles. The van der Waals surface area contributed by atoms with Crippen molar-refractivity contribution in [2.45, 2.75) is 19.3 Å². The average molecular weight is 846 g/mol. The summed E-state index contributed by atoms with van der Waals surface area (Å²) in [6, 6.07) is 71.0. The van der Waals surface area contributed by atoms with Crippen molar-refractivity contribution in [3.63, 3.8) is 0 Å². The Morgan fingerprint density at radius 3 is 1.77 bits per heavy atom. The van der Waals surface area contributed by atoms with E-state index < -0.39 is 0 Å². The molecular weight excluding hydrogens is 807 g/mol. The molecule has 4 heterocycles. The van der Waals surface area contributed by atoms with Crippen LogP contribution < -0.4 is 0 Å². The predicted molar refractivity (Wildman–Crippen MR) is 270 cm³/mol. The van der Waals surface area contributed by atoms with Crippen LogP contribution in [-0.2, 0) is 5.41 Å². The summed E-state index contributed by atoms with van der Waals surface area (Å²) in [5, 5.41) is 6.96. The van der Waals surface area contributed by atoms with Crippen LogP contribution in [-0.4, -0.2) is 24.1 Å². The van der Waals surface area contributed by atoms with Gasteiger partial charge in [0.2, 0.25) is 5.95 Å². The molecule has 9 aromatic carbocycles. The highest BCUT2D eigenvalue weighted by Gasteiger charge is 2.37. The van der Waals surface area contributed by atoms with Gasteiger partial charge in [0.05, 0.1) is 22.1 Å². The molecule has 14 rings (SSSR count). The van der Waals surface area contributed by atoms with E-state index in [9.17, 15) is 0 Å². The fraction of sp³-hybridized carbons (Fsp3) is 0.0500. The van der Waals surface area contributed by atoms with E-state index in [-0.39, 0.29) is 5.41 Å². The largest absolute Gasteiger partial charge is 0.456 e. The molecule has 0 saturated carbocycles. The quantitative estimate of drug-likeness (QED) is 0.173. The standard InChI is InChI=1S/C60H39N5O/c1-60(2)46-22-10-6-19-43(46)55-47(60)33-34-51-56(55)44-20-9-13-25-50(44)64(51)39-30-27-37(28-31-39)57-61-58(63-59(62-57)65-48-23-11-7-17-41(48)42-18-8-12-24-49(42)65)38-29-32-45-53(35-38)66-52-26-14-21-40(54(45)52)36-15-4-3-5-16-36/h3-35H,1-2H3. The van der Waals surface area contributed by atoms with Gasteiger partial charge < -0.3 is 8.98 Å². The summed E-state index contributed by atoms with van der Waals surface area (Å²) in [4.78, 5) is 15.8. The third-order valence-corrected chi connectivity index (χ3v) is 14.0. The lowest BCUT2D eigenvalue weighted by Crippen LogP contribution is -2.14.